The second-order valence-corrected chi connectivity index (χ2v) is 7.22. The summed E-state index contributed by atoms with van der Waals surface area (Å²) in [5.41, 5.74) is 2.05. The highest BCUT2D eigenvalue weighted by molar-refractivity contribution is 7.99. The lowest BCUT2D eigenvalue weighted by Crippen LogP contribution is -2.27. The average molecular weight is 409 g/mol. The lowest BCUT2D eigenvalue weighted by molar-refractivity contribution is -0.118. The van der Waals surface area contributed by atoms with E-state index in [9.17, 15) is 4.79 Å². The van der Waals surface area contributed by atoms with Crippen molar-refractivity contribution in [3.05, 3.63) is 72.8 Å². The molecule has 0 saturated carbocycles. The van der Waals surface area contributed by atoms with E-state index in [1.54, 1.807) is 13.2 Å². The quantitative estimate of drug-likeness (QED) is 0.410. The van der Waals surface area contributed by atoms with Crippen LogP contribution in [0.15, 0.2) is 72.4 Å². The molecule has 3 rings (SSSR count). The van der Waals surface area contributed by atoms with Crippen LogP contribution in [0.3, 0.4) is 0 Å². The molecule has 0 unspecified atom stereocenters. The predicted molar refractivity (Wildman–Crippen MR) is 116 cm³/mol. The maximum Gasteiger partial charge on any atom is 0.230 e. The number of hydrogen-bond acceptors (Lipinski definition) is 5. The minimum atomic E-state index is -0.0297. The van der Waals surface area contributed by atoms with Crippen molar-refractivity contribution in [1.29, 1.82) is 0 Å². The van der Waals surface area contributed by atoms with Crippen LogP contribution < -0.4 is 10.1 Å². The van der Waals surface area contributed by atoms with Gasteiger partial charge < -0.3 is 10.1 Å². The van der Waals surface area contributed by atoms with Crippen molar-refractivity contribution in [3.63, 3.8) is 0 Å². The molecule has 3 aromatic rings. The molecular weight excluding hydrogens is 384 g/mol. The van der Waals surface area contributed by atoms with E-state index in [1.165, 1.54) is 17.3 Å². The molecule has 0 aliphatic rings. The lowest BCUT2D eigenvalue weighted by Gasteiger charge is -2.10. The summed E-state index contributed by atoms with van der Waals surface area (Å²) in [6, 6.07) is 17.7. The van der Waals surface area contributed by atoms with Gasteiger partial charge in [0.2, 0.25) is 5.91 Å². The first-order valence-corrected chi connectivity index (χ1v) is 10.3. The first-order chi connectivity index (χ1) is 14.2. The Balaban J connectivity index is 1.62. The Kier molecular flexibility index (Phi) is 7.47. The Bertz CT molecular complexity index is 956. The van der Waals surface area contributed by atoms with Crippen molar-refractivity contribution in [2.75, 3.05) is 19.4 Å². The number of carbonyl (C=O) groups is 1. The summed E-state index contributed by atoms with van der Waals surface area (Å²) in [6.07, 6.45) is 2.59. The van der Waals surface area contributed by atoms with Crippen LogP contribution in [-0.2, 0) is 17.8 Å². The number of ether oxygens (including phenoxy) is 1. The Morgan fingerprint density at radius 2 is 1.93 bits per heavy atom. The van der Waals surface area contributed by atoms with Gasteiger partial charge in [0.25, 0.3) is 0 Å². The smallest absolute Gasteiger partial charge is 0.230 e. The van der Waals surface area contributed by atoms with Gasteiger partial charge in [-0.2, -0.15) is 0 Å². The summed E-state index contributed by atoms with van der Waals surface area (Å²) < 4.78 is 7.38. The zero-order valence-electron chi connectivity index (χ0n) is 16.4. The highest BCUT2D eigenvalue weighted by Crippen LogP contribution is 2.30. The maximum absolute atomic E-state index is 12.2. The van der Waals surface area contributed by atoms with Gasteiger partial charge in [-0.3, -0.25) is 9.36 Å². The van der Waals surface area contributed by atoms with E-state index in [4.69, 9.17) is 4.74 Å². The normalized spacial score (nSPS) is 10.5. The number of nitrogens with one attached hydrogen (secondary N) is 1. The topological polar surface area (TPSA) is 69.0 Å². The van der Waals surface area contributed by atoms with Crippen LogP contribution in [0.1, 0.15) is 5.56 Å². The zero-order chi connectivity index (χ0) is 20.5. The standard InChI is InChI=1S/C22H24N4O2S/c1-3-15-26-21(18-11-7-8-12-19(18)28-2)24-25-22(26)29-16-20(27)23-14-13-17-9-5-4-6-10-17/h3-12H,1,13-16H2,2H3,(H,23,27). The highest BCUT2D eigenvalue weighted by atomic mass is 32.2. The van der Waals surface area contributed by atoms with Crippen LogP contribution >= 0.6 is 11.8 Å². The number of methoxy groups -OCH3 is 1. The molecule has 150 valence electrons. The van der Waals surface area contributed by atoms with E-state index < -0.39 is 0 Å². The monoisotopic (exact) mass is 408 g/mol. The minimum absolute atomic E-state index is 0.0297. The molecule has 1 heterocycles. The summed E-state index contributed by atoms with van der Waals surface area (Å²) in [6.45, 7) is 4.97. The fourth-order valence-corrected chi connectivity index (χ4v) is 3.67. The number of amides is 1. The van der Waals surface area contributed by atoms with E-state index >= 15 is 0 Å². The molecule has 0 aliphatic carbocycles. The van der Waals surface area contributed by atoms with E-state index in [1.807, 2.05) is 47.0 Å². The number of thioether (sulfide) groups is 1. The van der Waals surface area contributed by atoms with Crippen molar-refractivity contribution in [1.82, 2.24) is 20.1 Å². The summed E-state index contributed by atoms with van der Waals surface area (Å²) in [7, 11) is 1.63. The van der Waals surface area contributed by atoms with Gasteiger partial charge >= 0.3 is 0 Å². The highest BCUT2D eigenvalue weighted by Gasteiger charge is 2.17. The fraction of sp³-hybridized carbons (Fsp3) is 0.227. The molecule has 0 atom stereocenters. The Hall–Kier alpha value is -3.06. The average Bonchev–Trinajstić information content (AvgIpc) is 3.15. The first kappa shape index (κ1) is 20.7. The summed E-state index contributed by atoms with van der Waals surface area (Å²) >= 11 is 1.36. The number of allylic oxidation sites excluding steroid dienone is 1. The molecule has 0 saturated heterocycles. The molecule has 0 spiro atoms. The molecule has 1 N–H and O–H groups in total. The van der Waals surface area contributed by atoms with Crippen molar-refractivity contribution in [2.24, 2.45) is 0 Å². The number of para-hydroxylation sites is 1. The molecule has 7 heteroatoms. The van der Waals surface area contributed by atoms with Crippen LogP contribution in [0, 0.1) is 0 Å². The molecule has 1 amide bonds. The third kappa shape index (κ3) is 5.48. The summed E-state index contributed by atoms with van der Waals surface area (Å²) in [5, 5.41) is 12.2. The zero-order valence-corrected chi connectivity index (χ0v) is 17.2. The molecular formula is C22H24N4O2S. The molecule has 0 radical (unpaired) electrons. The van der Waals surface area contributed by atoms with Crippen LogP contribution in [0.25, 0.3) is 11.4 Å². The van der Waals surface area contributed by atoms with Gasteiger partial charge in [-0.15, -0.1) is 16.8 Å². The van der Waals surface area contributed by atoms with Crippen LogP contribution in [0.4, 0.5) is 0 Å². The van der Waals surface area contributed by atoms with Crippen molar-refractivity contribution in [3.8, 4) is 17.1 Å². The van der Waals surface area contributed by atoms with Gasteiger partial charge in [-0.05, 0) is 24.1 Å². The van der Waals surface area contributed by atoms with E-state index in [-0.39, 0.29) is 11.7 Å². The number of carbonyl (C=O) groups excluding carboxylic acids is 1. The Morgan fingerprint density at radius 3 is 2.69 bits per heavy atom. The van der Waals surface area contributed by atoms with Crippen molar-refractivity contribution < 1.29 is 9.53 Å². The number of nitrogens with zero attached hydrogens (tertiary/aromatic N) is 3. The lowest BCUT2D eigenvalue weighted by atomic mass is 10.1. The van der Waals surface area contributed by atoms with E-state index in [2.05, 4.69) is 34.2 Å². The second-order valence-electron chi connectivity index (χ2n) is 6.28. The molecule has 0 fully saturated rings. The van der Waals surface area contributed by atoms with Gasteiger partial charge in [0.05, 0.1) is 18.4 Å². The van der Waals surface area contributed by atoms with E-state index in [0.717, 1.165) is 17.7 Å². The molecule has 2 aromatic carbocycles. The van der Waals surface area contributed by atoms with Gasteiger partial charge in [0, 0.05) is 13.1 Å². The summed E-state index contributed by atoms with van der Waals surface area (Å²) in [5.74, 6) is 1.66. The largest absolute Gasteiger partial charge is 0.496 e. The Labute approximate surface area is 175 Å². The third-order valence-electron chi connectivity index (χ3n) is 4.29. The fourth-order valence-electron chi connectivity index (χ4n) is 2.89. The molecule has 1 aromatic heterocycles. The SMILES string of the molecule is C=CCn1c(SCC(=O)NCCc2ccccc2)nnc1-c1ccccc1OC. The minimum Gasteiger partial charge on any atom is -0.496 e. The van der Waals surface area contributed by atoms with Crippen molar-refractivity contribution >= 4 is 17.7 Å². The van der Waals surface area contributed by atoms with Crippen molar-refractivity contribution in [2.45, 2.75) is 18.1 Å². The Morgan fingerprint density at radius 1 is 1.17 bits per heavy atom. The molecule has 0 aliphatic heterocycles. The molecule has 29 heavy (non-hydrogen) atoms. The number of rotatable bonds is 10. The maximum atomic E-state index is 12.2. The second kappa shape index (κ2) is 10.5. The first-order valence-electron chi connectivity index (χ1n) is 9.34. The van der Waals surface area contributed by atoms with Gasteiger partial charge in [0.15, 0.2) is 11.0 Å². The van der Waals surface area contributed by atoms with Crippen LogP contribution in [0.5, 0.6) is 5.75 Å². The number of aromatic nitrogens is 3. The molecule has 6 nitrogen and oxygen atoms in total. The van der Waals surface area contributed by atoms with Crippen LogP contribution in [0.2, 0.25) is 0 Å². The van der Waals surface area contributed by atoms with Gasteiger partial charge in [0.1, 0.15) is 5.75 Å². The van der Waals surface area contributed by atoms with Gasteiger partial charge in [-0.1, -0.05) is 60.3 Å². The van der Waals surface area contributed by atoms with E-state index in [0.29, 0.717) is 24.1 Å². The molecule has 0 bridgehead atoms. The number of hydrogen-bond donors (Lipinski definition) is 1. The third-order valence-corrected chi connectivity index (χ3v) is 5.25. The summed E-state index contributed by atoms with van der Waals surface area (Å²) in [4.78, 5) is 12.2. The number of benzene rings is 2. The predicted octanol–water partition coefficient (Wildman–Crippen LogP) is 3.59. The van der Waals surface area contributed by atoms with Crippen LogP contribution in [-0.4, -0.2) is 40.1 Å². The van der Waals surface area contributed by atoms with Gasteiger partial charge in [-0.25, -0.2) is 0 Å².